The molecule has 1 saturated heterocycles. The van der Waals surface area contributed by atoms with Gasteiger partial charge in [-0.15, -0.1) is 0 Å². The number of nitriles is 1. The first kappa shape index (κ1) is 22.6. The molecule has 9 nitrogen and oxygen atoms in total. The van der Waals surface area contributed by atoms with Crippen molar-refractivity contribution in [3.05, 3.63) is 82.5 Å². The maximum Gasteiger partial charge on any atom is 0.269 e. The summed E-state index contributed by atoms with van der Waals surface area (Å²) >= 11 is 0. The van der Waals surface area contributed by atoms with E-state index in [1.807, 2.05) is 43.3 Å². The predicted molar refractivity (Wildman–Crippen MR) is 121 cm³/mol. The molecule has 0 unspecified atom stereocenters. The molecular weight excluding hydrogens is 458 g/mol. The predicted octanol–water partition coefficient (Wildman–Crippen LogP) is 3.32. The number of hydrogen-bond donors (Lipinski definition) is 1. The number of anilines is 1. The van der Waals surface area contributed by atoms with E-state index in [1.165, 1.54) is 19.2 Å². The van der Waals surface area contributed by atoms with Crippen molar-refractivity contribution in [2.75, 3.05) is 19.5 Å². The number of fused-ring (bicyclic) bond motifs is 3. The summed E-state index contributed by atoms with van der Waals surface area (Å²) in [5.41, 5.74) is 8.40. The van der Waals surface area contributed by atoms with Crippen molar-refractivity contribution in [2.24, 2.45) is 0 Å². The Hall–Kier alpha value is -3.20. The van der Waals surface area contributed by atoms with Gasteiger partial charge in [0.15, 0.2) is 12.6 Å². The zero-order valence-corrected chi connectivity index (χ0v) is 19.4. The fourth-order valence-electron chi connectivity index (χ4n) is 4.37. The van der Waals surface area contributed by atoms with Crippen LogP contribution in [-0.2, 0) is 29.0 Å². The van der Waals surface area contributed by atoms with Gasteiger partial charge < -0.3 is 24.7 Å². The second-order valence-corrected chi connectivity index (χ2v) is 9.91. The van der Waals surface area contributed by atoms with Crippen LogP contribution in [0.25, 0.3) is 0 Å². The van der Waals surface area contributed by atoms with E-state index in [-0.39, 0.29) is 34.1 Å². The molecule has 0 spiro atoms. The number of benzene rings is 2. The van der Waals surface area contributed by atoms with Crippen molar-refractivity contribution in [1.82, 2.24) is 3.97 Å². The molecule has 0 saturated carbocycles. The van der Waals surface area contributed by atoms with Crippen molar-refractivity contribution in [1.29, 1.82) is 5.26 Å². The second kappa shape index (κ2) is 8.54. The van der Waals surface area contributed by atoms with Gasteiger partial charge in [0.05, 0.1) is 22.8 Å². The number of ether oxygens (including phenoxy) is 4. The summed E-state index contributed by atoms with van der Waals surface area (Å²) in [5, 5.41) is 9.89. The highest BCUT2D eigenvalue weighted by Crippen LogP contribution is 2.49. The van der Waals surface area contributed by atoms with Gasteiger partial charge in [0.1, 0.15) is 29.7 Å². The van der Waals surface area contributed by atoms with Gasteiger partial charge in [-0.2, -0.15) is 5.26 Å². The van der Waals surface area contributed by atoms with E-state index in [0.717, 1.165) is 15.1 Å². The Labute approximate surface area is 197 Å². The van der Waals surface area contributed by atoms with E-state index < -0.39 is 34.8 Å². The van der Waals surface area contributed by atoms with Gasteiger partial charge in [0.2, 0.25) is 0 Å². The van der Waals surface area contributed by atoms with Gasteiger partial charge in [-0.05, 0) is 19.1 Å². The number of nitrogen functional groups attached to an aromatic ring is 1. The summed E-state index contributed by atoms with van der Waals surface area (Å²) < 4.78 is 52.2. The van der Waals surface area contributed by atoms with E-state index in [4.69, 9.17) is 24.7 Å². The van der Waals surface area contributed by atoms with Gasteiger partial charge in [0.25, 0.3) is 10.0 Å². The molecule has 1 aromatic heterocycles. The van der Waals surface area contributed by atoms with Gasteiger partial charge in [-0.3, -0.25) is 0 Å². The molecule has 0 aliphatic carbocycles. The van der Waals surface area contributed by atoms with Crippen molar-refractivity contribution in [2.45, 2.75) is 36.6 Å². The summed E-state index contributed by atoms with van der Waals surface area (Å²) in [6.45, 7) is 1.99. The number of nitrogens with two attached hydrogens (primary N) is 1. The lowest BCUT2D eigenvalue weighted by Gasteiger charge is -2.41. The quantitative estimate of drug-likeness (QED) is 0.601. The van der Waals surface area contributed by atoms with Crippen LogP contribution in [0.2, 0.25) is 0 Å². The molecule has 34 heavy (non-hydrogen) atoms. The van der Waals surface area contributed by atoms with Crippen molar-refractivity contribution < 1.29 is 27.4 Å². The van der Waals surface area contributed by atoms with Crippen LogP contribution in [-0.4, -0.2) is 32.2 Å². The lowest BCUT2D eigenvalue weighted by molar-refractivity contribution is -0.307. The lowest BCUT2D eigenvalue weighted by Crippen LogP contribution is -2.42. The highest BCUT2D eigenvalue weighted by molar-refractivity contribution is 7.90. The largest absolute Gasteiger partial charge is 0.383 e. The number of nitrogens with zero attached hydrogens (tertiary/aromatic N) is 2. The lowest BCUT2D eigenvalue weighted by atomic mass is 9.99. The Balaban J connectivity index is 1.71. The van der Waals surface area contributed by atoms with Crippen molar-refractivity contribution >= 4 is 15.8 Å². The topological polar surface area (TPSA) is 126 Å². The fraction of sp³-hybridized carbons (Fsp3) is 0.292. The molecule has 10 heteroatoms. The molecule has 2 N–H and O–H groups in total. The van der Waals surface area contributed by atoms with E-state index in [2.05, 4.69) is 0 Å². The van der Waals surface area contributed by atoms with Crippen molar-refractivity contribution in [3.8, 4) is 6.07 Å². The maximum absolute atomic E-state index is 13.8. The molecule has 0 radical (unpaired) electrons. The first-order chi connectivity index (χ1) is 16.4. The molecule has 4 atom stereocenters. The van der Waals surface area contributed by atoms with Crippen LogP contribution >= 0.6 is 0 Å². The summed E-state index contributed by atoms with van der Waals surface area (Å²) in [5.74, 6) is -0.217. The van der Waals surface area contributed by atoms with Crippen molar-refractivity contribution in [3.63, 3.8) is 0 Å². The van der Waals surface area contributed by atoms with Crippen LogP contribution < -0.4 is 5.73 Å². The van der Waals surface area contributed by atoms with Gasteiger partial charge >= 0.3 is 0 Å². The van der Waals surface area contributed by atoms with Crippen LogP contribution in [0, 0.1) is 18.3 Å². The SMILES string of the molecule is CO[C@H]1O[C@@H]2CO[C@@H](c3ccccc3)O[C@H]2c2c1c(C#N)c(N)n2S(=O)(=O)c1ccc(C)cc1. The van der Waals surface area contributed by atoms with Gasteiger partial charge in [0, 0.05) is 12.7 Å². The minimum Gasteiger partial charge on any atom is -0.383 e. The second-order valence-electron chi connectivity index (χ2n) is 8.13. The normalized spacial score (nSPS) is 24.1. The Morgan fingerprint density at radius 3 is 2.47 bits per heavy atom. The monoisotopic (exact) mass is 481 g/mol. The highest BCUT2D eigenvalue weighted by Gasteiger charge is 2.48. The van der Waals surface area contributed by atoms with E-state index in [1.54, 1.807) is 12.1 Å². The molecule has 3 aromatic rings. The van der Waals surface area contributed by atoms with Crippen LogP contribution in [0.1, 0.15) is 46.6 Å². The van der Waals surface area contributed by atoms with Crippen LogP contribution in [0.4, 0.5) is 5.82 Å². The Bertz CT molecular complexity index is 1360. The van der Waals surface area contributed by atoms with Crippen LogP contribution in [0.15, 0.2) is 59.5 Å². The fourth-order valence-corrected chi connectivity index (χ4v) is 5.87. The van der Waals surface area contributed by atoms with E-state index >= 15 is 0 Å². The summed E-state index contributed by atoms with van der Waals surface area (Å²) in [7, 11) is -2.76. The first-order valence-corrected chi connectivity index (χ1v) is 12.1. The average molecular weight is 482 g/mol. The first-order valence-electron chi connectivity index (χ1n) is 10.6. The molecule has 0 amide bonds. The standard InChI is InChI=1S/C24H23N3O6S/c1-14-8-10-16(11-9-14)34(28,29)27-20-19(17(12-25)22(27)26)24(30-2)32-18-13-31-23(33-21(18)20)15-6-4-3-5-7-15/h3-11,18,21,23-24H,13,26H2,1-2H3/t18-,21-,23-,24+/m1/s1. The number of aromatic nitrogens is 1. The molecule has 2 aliphatic rings. The maximum atomic E-state index is 13.8. The Morgan fingerprint density at radius 1 is 1.12 bits per heavy atom. The van der Waals surface area contributed by atoms with Crippen LogP contribution in [0.3, 0.4) is 0 Å². The molecule has 2 aromatic carbocycles. The molecule has 5 rings (SSSR count). The third kappa shape index (κ3) is 3.50. The molecule has 0 bridgehead atoms. The van der Waals surface area contributed by atoms with Crippen LogP contribution in [0.5, 0.6) is 0 Å². The molecular formula is C24H23N3O6S. The van der Waals surface area contributed by atoms with Gasteiger partial charge in [-0.1, -0.05) is 48.0 Å². The summed E-state index contributed by atoms with van der Waals surface area (Å²) in [6.07, 6.45) is -3.31. The smallest absolute Gasteiger partial charge is 0.269 e. The molecule has 3 heterocycles. The average Bonchev–Trinajstić information content (AvgIpc) is 3.17. The number of hydrogen-bond acceptors (Lipinski definition) is 8. The summed E-state index contributed by atoms with van der Waals surface area (Å²) in [6, 6.07) is 17.7. The summed E-state index contributed by atoms with van der Waals surface area (Å²) in [4.78, 5) is 0.0377. The number of rotatable bonds is 4. The Kier molecular flexibility index (Phi) is 5.67. The van der Waals surface area contributed by atoms with E-state index in [0.29, 0.717) is 0 Å². The Morgan fingerprint density at radius 2 is 1.82 bits per heavy atom. The molecule has 2 aliphatic heterocycles. The highest BCUT2D eigenvalue weighted by atomic mass is 32.2. The minimum absolute atomic E-state index is 0.0256. The number of aryl methyl sites for hydroxylation is 1. The minimum atomic E-state index is -4.17. The third-order valence-corrected chi connectivity index (χ3v) is 7.76. The zero-order chi connectivity index (χ0) is 24.0. The molecule has 1 fully saturated rings. The molecule has 176 valence electrons. The van der Waals surface area contributed by atoms with Gasteiger partial charge in [-0.25, -0.2) is 12.4 Å². The third-order valence-electron chi connectivity index (χ3n) is 6.02. The zero-order valence-electron chi connectivity index (χ0n) is 18.5. The van der Waals surface area contributed by atoms with E-state index in [9.17, 15) is 13.7 Å². The number of methoxy groups -OCH3 is 1.